The number of nitrogens with one attached hydrogen (secondary N) is 2. The van der Waals surface area contributed by atoms with Crippen molar-refractivity contribution in [3.8, 4) is 0 Å². The number of halogens is 2. The van der Waals surface area contributed by atoms with Crippen LogP contribution in [0.5, 0.6) is 0 Å². The van der Waals surface area contributed by atoms with Crippen LogP contribution in [-0.4, -0.2) is 16.8 Å². The Morgan fingerprint density at radius 1 is 1.33 bits per heavy atom. The van der Waals surface area contributed by atoms with Crippen LogP contribution in [0.3, 0.4) is 0 Å². The predicted octanol–water partition coefficient (Wildman–Crippen LogP) is 4.06. The minimum atomic E-state index is -0.383. The fourth-order valence-corrected chi connectivity index (χ4v) is 3.44. The van der Waals surface area contributed by atoms with Crippen LogP contribution >= 0.6 is 27.3 Å². The van der Waals surface area contributed by atoms with Crippen LogP contribution in [0.1, 0.15) is 27.4 Å². The predicted molar refractivity (Wildman–Crippen MR) is 103 cm³/mol. The number of hydrogen-bond acceptors (Lipinski definition) is 5. The molecule has 2 amide bonds. The Balaban J connectivity index is 1.54. The van der Waals surface area contributed by atoms with Crippen molar-refractivity contribution in [1.29, 1.82) is 0 Å². The zero-order valence-corrected chi connectivity index (χ0v) is 16.6. The smallest absolute Gasteiger partial charge is 0.260 e. The molecule has 0 spiro atoms. The summed E-state index contributed by atoms with van der Waals surface area (Å²) in [7, 11) is 0. The van der Waals surface area contributed by atoms with Crippen LogP contribution in [0.15, 0.2) is 44.8 Å². The molecule has 2 N–H and O–H groups in total. The van der Waals surface area contributed by atoms with Crippen LogP contribution in [0.2, 0.25) is 0 Å². The van der Waals surface area contributed by atoms with Gasteiger partial charge in [0.1, 0.15) is 11.6 Å². The number of benzene rings is 1. The van der Waals surface area contributed by atoms with Gasteiger partial charge in [0.15, 0.2) is 5.13 Å². The van der Waals surface area contributed by atoms with E-state index in [2.05, 4.69) is 31.5 Å². The van der Waals surface area contributed by atoms with Crippen molar-refractivity contribution in [1.82, 2.24) is 10.3 Å². The standard InChI is InChI=1S/C18H15BrFN3O3S/c1-10-14(4-5-26-10)17(25)23-18-22-13(9-27-18)7-16(24)21-8-11-6-12(19)2-3-15(11)20/h2-6,9H,7-8H2,1H3,(H,21,24)(H,22,23,25). The Morgan fingerprint density at radius 2 is 2.15 bits per heavy atom. The molecule has 140 valence electrons. The summed E-state index contributed by atoms with van der Waals surface area (Å²) in [6.45, 7) is 1.78. The maximum absolute atomic E-state index is 13.7. The van der Waals surface area contributed by atoms with E-state index in [1.54, 1.807) is 30.5 Å². The van der Waals surface area contributed by atoms with Gasteiger partial charge in [0.25, 0.3) is 5.91 Å². The number of aromatic nitrogens is 1. The molecule has 3 rings (SSSR count). The first-order valence-corrected chi connectivity index (χ1v) is 9.60. The quantitative estimate of drug-likeness (QED) is 0.591. The van der Waals surface area contributed by atoms with Crippen molar-refractivity contribution >= 4 is 44.2 Å². The molecule has 0 aliphatic rings. The van der Waals surface area contributed by atoms with Crippen LogP contribution in [0.4, 0.5) is 9.52 Å². The van der Waals surface area contributed by atoms with Gasteiger partial charge in [-0.15, -0.1) is 11.3 Å². The first-order valence-electron chi connectivity index (χ1n) is 7.93. The van der Waals surface area contributed by atoms with E-state index in [1.165, 1.54) is 23.7 Å². The molecule has 0 aliphatic heterocycles. The van der Waals surface area contributed by atoms with Crippen molar-refractivity contribution in [2.24, 2.45) is 0 Å². The van der Waals surface area contributed by atoms with Crippen LogP contribution in [0, 0.1) is 12.7 Å². The van der Waals surface area contributed by atoms with Crippen LogP contribution in [-0.2, 0) is 17.8 Å². The second kappa shape index (κ2) is 8.45. The molecule has 9 heteroatoms. The highest BCUT2D eigenvalue weighted by atomic mass is 79.9. The second-order valence-electron chi connectivity index (χ2n) is 5.68. The number of anilines is 1. The fourth-order valence-electron chi connectivity index (χ4n) is 2.33. The lowest BCUT2D eigenvalue weighted by Crippen LogP contribution is -2.25. The first-order chi connectivity index (χ1) is 12.9. The average Bonchev–Trinajstić information content (AvgIpc) is 3.24. The molecule has 0 saturated carbocycles. The summed E-state index contributed by atoms with van der Waals surface area (Å²) in [6, 6.07) is 6.12. The third-order valence-corrected chi connectivity index (χ3v) is 5.00. The van der Waals surface area contributed by atoms with Gasteiger partial charge < -0.3 is 9.73 Å². The fraction of sp³-hybridized carbons (Fsp3) is 0.167. The number of hydrogen-bond donors (Lipinski definition) is 2. The maximum atomic E-state index is 13.7. The van der Waals surface area contributed by atoms with Crippen molar-refractivity contribution in [3.05, 3.63) is 68.8 Å². The molecule has 3 aromatic rings. The highest BCUT2D eigenvalue weighted by molar-refractivity contribution is 9.10. The number of carbonyl (C=O) groups excluding carboxylic acids is 2. The molecule has 0 radical (unpaired) electrons. The zero-order valence-electron chi connectivity index (χ0n) is 14.2. The third-order valence-electron chi connectivity index (χ3n) is 3.70. The summed E-state index contributed by atoms with van der Waals surface area (Å²) in [6.07, 6.45) is 1.47. The minimum Gasteiger partial charge on any atom is -0.469 e. The van der Waals surface area contributed by atoms with Gasteiger partial charge in [-0.2, -0.15) is 0 Å². The lowest BCUT2D eigenvalue weighted by atomic mass is 10.2. The Bertz CT molecular complexity index is 986. The first kappa shape index (κ1) is 19.2. The van der Waals surface area contributed by atoms with Crippen molar-refractivity contribution < 1.29 is 18.4 Å². The van der Waals surface area contributed by atoms with Gasteiger partial charge in [-0.3, -0.25) is 14.9 Å². The monoisotopic (exact) mass is 451 g/mol. The van der Waals surface area contributed by atoms with E-state index in [4.69, 9.17) is 4.42 Å². The van der Waals surface area contributed by atoms with E-state index in [1.807, 2.05) is 0 Å². The molecule has 0 bridgehead atoms. The number of carbonyl (C=O) groups is 2. The topological polar surface area (TPSA) is 84.2 Å². The maximum Gasteiger partial charge on any atom is 0.260 e. The second-order valence-corrected chi connectivity index (χ2v) is 7.45. The molecule has 0 fully saturated rings. The summed E-state index contributed by atoms with van der Waals surface area (Å²) in [5.74, 6) is -0.477. The van der Waals surface area contributed by atoms with Crippen molar-refractivity contribution in [2.45, 2.75) is 19.9 Å². The van der Waals surface area contributed by atoms with Gasteiger partial charge in [0, 0.05) is 22.0 Å². The Labute approximate surface area is 166 Å². The summed E-state index contributed by atoms with van der Waals surface area (Å²) in [5.41, 5.74) is 1.34. The van der Waals surface area contributed by atoms with E-state index >= 15 is 0 Å². The molecule has 2 heterocycles. The van der Waals surface area contributed by atoms with Crippen LogP contribution < -0.4 is 10.6 Å². The Kier molecular flexibility index (Phi) is 6.02. The number of rotatable bonds is 6. The van der Waals surface area contributed by atoms with E-state index < -0.39 is 0 Å². The molecule has 0 atom stereocenters. The van der Waals surface area contributed by atoms with E-state index in [-0.39, 0.29) is 30.6 Å². The highest BCUT2D eigenvalue weighted by Crippen LogP contribution is 2.19. The Morgan fingerprint density at radius 3 is 2.89 bits per heavy atom. The molecule has 6 nitrogen and oxygen atoms in total. The molecule has 0 aliphatic carbocycles. The largest absolute Gasteiger partial charge is 0.469 e. The molecule has 27 heavy (non-hydrogen) atoms. The molecule has 1 aromatic carbocycles. The van der Waals surface area contributed by atoms with E-state index in [0.29, 0.717) is 27.7 Å². The minimum absolute atomic E-state index is 0.0345. The lowest BCUT2D eigenvalue weighted by molar-refractivity contribution is -0.120. The lowest BCUT2D eigenvalue weighted by Gasteiger charge is -2.06. The Hall–Kier alpha value is -2.52. The summed E-state index contributed by atoms with van der Waals surface area (Å²) < 4.78 is 19.5. The van der Waals surface area contributed by atoms with Gasteiger partial charge in [0.05, 0.1) is 23.9 Å². The van der Waals surface area contributed by atoms with Crippen LogP contribution in [0.25, 0.3) is 0 Å². The summed E-state index contributed by atoms with van der Waals surface area (Å²) >= 11 is 4.49. The number of aryl methyl sites for hydroxylation is 1. The molecule has 2 aromatic heterocycles. The molecule has 0 unspecified atom stereocenters. The number of amides is 2. The van der Waals surface area contributed by atoms with E-state index in [0.717, 1.165) is 4.47 Å². The molecule has 0 saturated heterocycles. The van der Waals surface area contributed by atoms with Gasteiger partial charge in [-0.1, -0.05) is 15.9 Å². The highest BCUT2D eigenvalue weighted by Gasteiger charge is 2.14. The van der Waals surface area contributed by atoms with Crippen molar-refractivity contribution in [3.63, 3.8) is 0 Å². The number of thiazole rings is 1. The average molecular weight is 452 g/mol. The third kappa shape index (κ3) is 5.01. The van der Waals surface area contributed by atoms with Crippen molar-refractivity contribution in [2.75, 3.05) is 5.32 Å². The molecular weight excluding hydrogens is 437 g/mol. The summed E-state index contributed by atoms with van der Waals surface area (Å²) in [4.78, 5) is 28.4. The SMILES string of the molecule is Cc1occc1C(=O)Nc1nc(CC(=O)NCc2cc(Br)ccc2F)cs1. The normalized spacial score (nSPS) is 10.6. The molecular formula is C18H15BrFN3O3S. The van der Waals surface area contributed by atoms with Gasteiger partial charge in [-0.25, -0.2) is 9.37 Å². The summed E-state index contributed by atoms with van der Waals surface area (Å²) in [5, 5.41) is 7.41. The number of nitrogens with zero attached hydrogens (tertiary/aromatic N) is 1. The number of furan rings is 1. The van der Waals surface area contributed by atoms with Gasteiger partial charge in [0.2, 0.25) is 5.91 Å². The van der Waals surface area contributed by atoms with E-state index in [9.17, 15) is 14.0 Å². The van der Waals surface area contributed by atoms with Gasteiger partial charge >= 0.3 is 0 Å². The zero-order chi connectivity index (χ0) is 19.4. The van der Waals surface area contributed by atoms with Gasteiger partial charge in [-0.05, 0) is 31.2 Å².